The van der Waals surface area contributed by atoms with Gasteiger partial charge in [-0.3, -0.25) is 14.3 Å². The summed E-state index contributed by atoms with van der Waals surface area (Å²) >= 11 is 13.4. The topological polar surface area (TPSA) is 97.4 Å². The summed E-state index contributed by atoms with van der Waals surface area (Å²) < 4.78 is 51.1. The highest BCUT2D eigenvalue weighted by Gasteiger charge is 2.41. The minimum atomic E-state index is -1.24. The molecule has 46 heavy (non-hydrogen) atoms. The first-order valence-corrected chi connectivity index (χ1v) is 16.2. The molecule has 240 valence electrons. The Morgan fingerprint density at radius 3 is 2.54 bits per heavy atom. The molecular formula is C32H29Cl2F3N6O2S. The van der Waals surface area contributed by atoms with E-state index in [1.807, 2.05) is 25.7 Å². The second kappa shape index (κ2) is 11.8. The number of nitrogen functional groups attached to an aromatic ring is 1. The van der Waals surface area contributed by atoms with Crippen LogP contribution in [-0.4, -0.2) is 56.3 Å². The van der Waals surface area contributed by atoms with Gasteiger partial charge in [-0.05, 0) is 43.5 Å². The Kier molecular flexibility index (Phi) is 8.27. The van der Waals surface area contributed by atoms with Crippen LogP contribution in [0.25, 0.3) is 27.7 Å². The maximum Gasteiger partial charge on any atom is 0.354 e. The van der Waals surface area contributed by atoms with Gasteiger partial charge in [-0.25, -0.2) is 18.0 Å². The van der Waals surface area contributed by atoms with Crippen molar-refractivity contribution in [3.8, 4) is 16.8 Å². The lowest BCUT2D eigenvalue weighted by Crippen LogP contribution is -2.60. The van der Waals surface area contributed by atoms with Crippen LogP contribution >= 0.6 is 35.0 Å². The number of amides is 1. The number of benzene rings is 2. The molecule has 14 heteroatoms. The number of halogens is 5. The molecular weight excluding hydrogens is 660 g/mol. The number of piperazine rings is 1. The Hall–Kier alpha value is -3.74. The molecule has 1 amide bonds. The lowest BCUT2D eigenvalue weighted by Gasteiger charge is -2.45. The molecule has 1 saturated heterocycles. The fourth-order valence-electron chi connectivity index (χ4n) is 6.44. The molecule has 2 aromatic heterocycles. The molecule has 8 nitrogen and oxygen atoms in total. The third-order valence-electron chi connectivity index (χ3n) is 8.47. The van der Waals surface area contributed by atoms with Gasteiger partial charge in [-0.2, -0.15) is 4.98 Å². The van der Waals surface area contributed by atoms with Crippen LogP contribution in [0, 0.1) is 24.4 Å². The highest BCUT2D eigenvalue weighted by Crippen LogP contribution is 2.49. The van der Waals surface area contributed by atoms with Crippen LogP contribution in [0.4, 0.5) is 24.7 Å². The zero-order valence-electron chi connectivity index (χ0n) is 25.3. The number of thioether (sulfide) groups is 1. The van der Waals surface area contributed by atoms with E-state index in [1.54, 1.807) is 24.1 Å². The van der Waals surface area contributed by atoms with Gasteiger partial charge in [0.1, 0.15) is 11.6 Å². The standard InChI is InChI=1S/C32H29Cl2F3N6O2S/c1-6-19(44)41-10-15(5)42-16(11-41)12-46-30-22-29(24(36)20(25(30)37)21-23(35)17(33)9-18(34)26(21)38)43(32(45)40-31(22)42)28-14(4)7-8-39-27(28)13(2)3/h6-9,13,15-16H,1,10-12,38H2,2-5H3. The number of rotatable bonds is 4. The van der Waals surface area contributed by atoms with Crippen molar-refractivity contribution >= 4 is 63.3 Å². The van der Waals surface area contributed by atoms with Gasteiger partial charge in [0.2, 0.25) is 5.91 Å². The van der Waals surface area contributed by atoms with Crippen LogP contribution in [0.5, 0.6) is 0 Å². The van der Waals surface area contributed by atoms with Crippen LogP contribution in [-0.2, 0) is 4.79 Å². The van der Waals surface area contributed by atoms with Gasteiger partial charge in [-0.1, -0.05) is 43.6 Å². The fraction of sp³-hybridized carbons (Fsp3) is 0.312. The number of aromatic nitrogens is 3. The SMILES string of the molecule is C=CC(=O)N1CC(C)N2c3nc(=O)n(-c4c(C)ccnc4C(C)C)c4c(F)c(-c5c(N)c(Cl)cc(Cl)c5F)c(F)c(c34)SCC2C1. The molecule has 2 atom stereocenters. The van der Waals surface area contributed by atoms with E-state index in [0.29, 0.717) is 11.3 Å². The molecule has 0 spiro atoms. The van der Waals surface area contributed by atoms with Crippen molar-refractivity contribution in [1.29, 1.82) is 0 Å². The van der Waals surface area contributed by atoms with E-state index < -0.39 is 57.1 Å². The van der Waals surface area contributed by atoms with E-state index >= 15 is 13.2 Å². The van der Waals surface area contributed by atoms with Crippen molar-refractivity contribution in [1.82, 2.24) is 19.4 Å². The number of carbonyl (C=O) groups is 1. The molecule has 2 unspecified atom stereocenters. The van der Waals surface area contributed by atoms with Gasteiger partial charge in [0, 0.05) is 36.6 Å². The summed E-state index contributed by atoms with van der Waals surface area (Å²) in [5.74, 6) is -3.71. The second-order valence-corrected chi connectivity index (χ2v) is 13.6. The maximum absolute atomic E-state index is 17.4. The molecule has 1 fully saturated rings. The molecule has 2 aromatic carbocycles. The van der Waals surface area contributed by atoms with Crippen LogP contribution in [0.2, 0.25) is 10.0 Å². The number of nitrogens with zero attached hydrogens (tertiary/aromatic N) is 5. The number of anilines is 2. The summed E-state index contributed by atoms with van der Waals surface area (Å²) in [6.45, 7) is 11.4. The molecule has 4 aromatic rings. The van der Waals surface area contributed by atoms with Gasteiger partial charge >= 0.3 is 5.69 Å². The first-order valence-electron chi connectivity index (χ1n) is 14.5. The van der Waals surface area contributed by atoms with Crippen LogP contribution in [0.15, 0.2) is 40.7 Å². The minimum Gasteiger partial charge on any atom is -0.397 e. The first-order chi connectivity index (χ1) is 21.8. The summed E-state index contributed by atoms with van der Waals surface area (Å²) in [5.41, 5.74) is 4.44. The number of hydrogen-bond acceptors (Lipinski definition) is 7. The summed E-state index contributed by atoms with van der Waals surface area (Å²) in [4.78, 5) is 39.2. The van der Waals surface area contributed by atoms with Gasteiger partial charge in [0.05, 0.1) is 54.5 Å². The first kappa shape index (κ1) is 32.2. The number of hydrogen-bond donors (Lipinski definition) is 1. The van der Waals surface area contributed by atoms with Crippen LogP contribution < -0.4 is 16.3 Å². The summed E-state index contributed by atoms with van der Waals surface area (Å²) in [5, 5.41) is -0.649. The van der Waals surface area contributed by atoms with Gasteiger partial charge in [-0.15, -0.1) is 11.8 Å². The van der Waals surface area contributed by atoms with E-state index in [1.165, 1.54) is 6.08 Å². The summed E-state index contributed by atoms with van der Waals surface area (Å²) in [7, 11) is 0. The van der Waals surface area contributed by atoms with Crippen molar-refractivity contribution in [2.75, 3.05) is 29.5 Å². The van der Waals surface area contributed by atoms with Crippen LogP contribution in [0.3, 0.4) is 0 Å². The Bertz CT molecular complexity index is 2010. The number of nitrogens with two attached hydrogens (primary N) is 1. The molecule has 2 N–H and O–H groups in total. The number of pyridine rings is 1. The zero-order chi connectivity index (χ0) is 33.4. The summed E-state index contributed by atoms with van der Waals surface area (Å²) in [6.07, 6.45) is 2.80. The Labute approximate surface area is 277 Å². The molecule has 0 bridgehead atoms. The average molecular weight is 690 g/mol. The van der Waals surface area contributed by atoms with E-state index in [2.05, 4.69) is 16.5 Å². The smallest absolute Gasteiger partial charge is 0.354 e. The van der Waals surface area contributed by atoms with Gasteiger partial charge < -0.3 is 15.5 Å². The average Bonchev–Trinajstić information content (AvgIpc) is 3.17. The number of aryl methyl sites for hydroxylation is 1. The predicted octanol–water partition coefficient (Wildman–Crippen LogP) is 6.88. The summed E-state index contributed by atoms with van der Waals surface area (Å²) in [6, 6.07) is 1.90. The van der Waals surface area contributed by atoms with Crippen molar-refractivity contribution in [3.63, 3.8) is 0 Å². The van der Waals surface area contributed by atoms with Crippen LogP contribution in [0.1, 0.15) is 37.9 Å². The normalized spacial score (nSPS) is 17.8. The Balaban J connectivity index is 1.80. The molecule has 2 aliphatic heterocycles. The lowest BCUT2D eigenvalue weighted by molar-refractivity contribution is -0.127. The largest absolute Gasteiger partial charge is 0.397 e. The fourth-order valence-corrected chi connectivity index (χ4v) is 8.09. The Morgan fingerprint density at radius 1 is 1.15 bits per heavy atom. The highest BCUT2D eigenvalue weighted by atomic mass is 35.5. The molecule has 6 rings (SSSR count). The zero-order valence-corrected chi connectivity index (χ0v) is 27.6. The van der Waals surface area contributed by atoms with Gasteiger partial charge in [0.15, 0.2) is 11.6 Å². The maximum atomic E-state index is 17.4. The van der Waals surface area contributed by atoms with E-state index in [4.69, 9.17) is 28.9 Å². The van der Waals surface area contributed by atoms with E-state index in [-0.39, 0.29) is 63.0 Å². The molecule has 0 saturated carbocycles. The Morgan fingerprint density at radius 2 is 1.87 bits per heavy atom. The monoisotopic (exact) mass is 688 g/mol. The molecule has 0 radical (unpaired) electrons. The quantitative estimate of drug-likeness (QED) is 0.142. The minimum absolute atomic E-state index is 0.0336. The van der Waals surface area contributed by atoms with Gasteiger partial charge in [0.25, 0.3) is 0 Å². The molecule has 4 heterocycles. The van der Waals surface area contributed by atoms with Crippen molar-refractivity contribution < 1.29 is 18.0 Å². The predicted molar refractivity (Wildman–Crippen MR) is 177 cm³/mol. The number of fused-ring (bicyclic) bond motifs is 2. The number of carbonyl (C=O) groups excluding carboxylic acids is 1. The third kappa shape index (κ3) is 4.84. The van der Waals surface area contributed by atoms with Crippen molar-refractivity contribution in [2.24, 2.45) is 0 Å². The van der Waals surface area contributed by atoms with E-state index in [9.17, 15) is 9.59 Å². The third-order valence-corrected chi connectivity index (χ3v) is 10.3. The lowest BCUT2D eigenvalue weighted by atomic mass is 9.98. The molecule has 0 aliphatic carbocycles. The van der Waals surface area contributed by atoms with E-state index in [0.717, 1.165) is 22.4 Å². The van der Waals surface area contributed by atoms with Crippen molar-refractivity contribution in [2.45, 2.75) is 50.6 Å². The van der Waals surface area contributed by atoms with Crippen molar-refractivity contribution in [3.05, 3.63) is 80.2 Å². The highest BCUT2D eigenvalue weighted by molar-refractivity contribution is 7.99. The molecule has 2 aliphatic rings. The second-order valence-electron chi connectivity index (χ2n) is 11.7.